The molecule has 0 saturated carbocycles. The molecule has 10 nitrogen and oxygen atoms in total. The number of rotatable bonds is 5. The monoisotopic (exact) mass is 523 g/mol. The van der Waals surface area contributed by atoms with E-state index in [1.54, 1.807) is 11.1 Å². The molecule has 3 aromatic heterocycles. The standard InChI is InChI=1S/C26H30ClN7O3/c1-32(19-12-17-5-6-18(13-19)34(17)26(35)36)23-10-9-22(30-31-23)21-8-7-20(25(27)29-21)16-14-28-33(15-16)24-4-2-3-11-37-24/h7-10,14-15,17-19,24H,2-6,11-13H2,1H3,(H,35,36)/t17-,18+,19+,24?. The van der Waals surface area contributed by atoms with Crippen LogP contribution in [0.25, 0.3) is 22.5 Å². The molecule has 37 heavy (non-hydrogen) atoms. The van der Waals surface area contributed by atoms with Crippen LogP contribution in [0.3, 0.4) is 0 Å². The second-order valence-electron chi connectivity index (χ2n) is 10.2. The highest BCUT2D eigenvalue weighted by Gasteiger charge is 2.44. The molecule has 2 bridgehead atoms. The summed E-state index contributed by atoms with van der Waals surface area (Å²) in [7, 11) is 2.01. The highest BCUT2D eigenvalue weighted by Crippen LogP contribution is 2.38. The molecule has 3 saturated heterocycles. The van der Waals surface area contributed by atoms with Crippen LogP contribution in [0.4, 0.5) is 10.6 Å². The molecule has 4 atom stereocenters. The summed E-state index contributed by atoms with van der Waals surface area (Å²) in [6.45, 7) is 0.761. The number of pyridine rings is 1. The van der Waals surface area contributed by atoms with Crippen LogP contribution >= 0.6 is 11.6 Å². The average Bonchev–Trinajstić information content (AvgIpc) is 3.51. The lowest BCUT2D eigenvalue weighted by atomic mass is 9.96. The lowest BCUT2D eigenvalue weighted by Gasteiger charge is -2.41. The van der Waals surface area contributed by atoms with E-state index < -0.39 is 6.09 Å². The van der Waals surface area contributed by atoms with Gasteiger partial charge in [-0.15, -0.1) is 10.2 Å². The molecule has 3 aliphatic heterocycles. The van der Waals surface area contributed by atoms with Gasteiger partial charge in [-0.25, -0.2) is 14.5 Å². The number of piperidine rings is 1. The Bertz CT molecular complexity index is 1260. The molecule has 1 amide bonds. The number of hydrogen-bond donors (Lipinski definition) is 1. The van der Waals surface area contributed by atoms with Gasteiger partial charge in [0.2, 0.25) is 0 Å². The van der Waals surface area contributed by atoms with Crippen LogP contribution in [0.2, 0.25) is 5.15 Å². The van der Waals surface area contributed by atoms with Crippen LogP contribution in [0.15, 0.2) is 36.7 Å². The zero-order valence-corrected chi connectivity index (χ0v) is 21.5. The van der Waals surface area contributed by atoms with Gasteiger partial charge in [-0.2, -0.15) is 5.10 Å². The fourth-order valence-corrected chi connectivity index (χ4v) is 6.24. The molecule has 3 aliphatic rings. The molecule has 6 heterocycles. The van der Waals surface area contributed by atoms with Crippen LogP contribution in [0.5, 0.6) is 0 Å². The van der Waals surface area contributed by atoms with Gasteiger partial charge in [-0.1, -0.05) is 11.6 Å². The molecule has 0 radical (unpaired) electrons. The number of aromatic nitrogens is 5. The molecule has 1 unspecified atom stereocenters. The number of amides is 1. The molecule has 0 aromatic carbocycles. The fourth-order valence-electron chi connectivity index (χ4n) is 5.97. The summed E-state index contributed by atoms with van der Waals surface area (Å²) >= 11 is 6.58. The Morgan fingerprint density at radius 2 is 1.86 bits per heavy atom. The van der Waals surface area contributed by atoms with Crippen molar-refractivity contribution in [1.29, 1.82) is 0 Å². The molecule has 3 fully saturated rings. The van der Waals surface area contributed by atoms with E-state index in [4.69, 9.17) is 16.3 Å². The van der Waals surface area contributed by atoms with Crippen molar-refractivity contribution in [2.75, 3.05) is 18.6 Å². The molecule has 11 heteroatoms. The van der Waals surface area contributed by atoms with Crippen molar-refractivity contribution < 1.29 is 14.6 Å². The van der Waals surface area contributed by atoms with Crippen LogP contribution in [0, 0.1) is 0 Å². The topological polar surface area (TPSA) is 110 Å². The van der Waals surface area contributed by atoms with Crippen molar-refractivity contribution in [3.63, 3.8) is 0 Å². The van der Waals surface area contributed by atoms with E-state index in [2.05, 4.69) is 25.2 Å². The summed E-state index contributed by atoms with van der Waals surface area (Å²) < 4.78 is 7.68. The summed E-state index contributed by atoms with van der Waals surface area (Å²) in [5, 5.41) is 23.3. The number of carboxylic acid groups (broad SMARTS) is 1. The second-order valence-corrected chi connectivity index (χ2v) is 10.5. The number of hydrogen-bond acceptors (Lipinski definition) is 7. The minimum absolute atomic E-state index is 0.0275. The third kappa shape index (κ3) is 4.64. The van der Waals surface area contributed by atoms with Crippen molar-refractivity contribution in [1.82, 2.24) is 29.9 Å². The number of ether oxygens (including phenoxy) is 1. The zero-order valence-electron chi connectivity index (χ0n) is 20.7. The van der Waals surface area contributed by atoms with Gasteiger partial charge in [0.15, 0.2) is 5.82 Å². The largest absolute Gasteiger partial charge is 0.465 e. The quantitative estimate of drug-likeness (QED) is 0.472. The first-order chi connectivity index (χ1) is 18.0. The lowest BCUT2D eigenvalue weighted by molar-refractivity contribution is -0.0394. The number of fused-ring (bicyclic) bond motifs is 2. The second kappa shape index (κ2) is 9.90. The van der Waals surface area contributed by atoms with Crippen LogP contribution < -0.4 is 4.90 Å². The Hall–Kier alpha value is -3.24. The SMILES string of the molecule is CN(c1ccc(-c2ccc(-c3cnn(C4CCCCO4)c3)c(Cl)n2)nn1)[C@H]1C[C@H]2CC[C@@H](C1)N2C(=O)O. The predicted molar refractivity (Wildman–Crippen MR) is 138 cm³/mol. The molecule has 6 rings (SSSR count). The van der Waals surface area contributed by atoms with E-state index in [0.29, 0.717) is 16.5 Å². The first-order valence-corrected chi connectivity index (χ1v) is 13.3. The van der Waals surface area contributed by atoms with Crippen molar-refractivity contribution >= 4 is 23.5 Å². The number of halogens is 1. The molecular weight excluding hydrogens is 494 g/mol. The van der Waals surface area contributed by atoms with Crippen molar-refractivity contribution in [3.05, 3.63) is 41.8 Å². The molecular formula is C26H30ClN7O3. The van der Waals surface area contributed by atoms with Gasteiger partial charge in [-0.3, -0.25) is 0 Å². The third-order valence-corrected chi connectivity index (χ3v) is 8.25. The molecule has 1 N–H and O–H groups in total. The Labute approximate surface area is 220 Å². The van der Waals surface area contributed by atoms with Gasteiger partial charge in [0.1, 0.15) is 17.1 Å². The van der Waals surface area contributed by atoms with Crippen molar-refractivity contribution in [3.8, 4) is 22.5 Å². The Morgan fingerprint density at radius 1 is 1.08 bits per heavy atom. The maximum Gasteiger partial charge on any atom is 0.407 e. The van der Waals surface area contributed by atoms with Gasteiger partial charge in [0.25, 0.3) is 0 Å². The Morgan fingerprint density at radius 3 is 2.51 bits per heavy atom. The number of carbonyl (C=O) groups is 1. The highest BCUT2D eigenvalue weighted by atomic mass is 35.5. The fraction of sp³-hybridized carbons (Fsp3) is 0.500. The summed E-state index contributed by atoms with van der Waals surface area (Å²) in [4.78, 5) is 19.9. The Kier molecular flexibility index (Phi) is 6.46. The number of anilines is 1. The van der Waals surface area contributed by atoms with Gasteiger partial charge >= 0.3 is 6.09 Å². The molecule has 0 spiro atoms. The summed E-state index contributed by atoms with van der Waals surface area (Å²) in [5.74, 6) is 0.761. The van der Waals surface area contributed by atoms with E-state index in [-0.39, 0.29) is 24.4 Å². The minimum Gasteiger partial charge on any atom is -0.465 e. The van der Waals surface area contributed by atoms with Gasteiger partial charge in [0, 0.05) is 49.1 Å². The smallest absolute Gasteiger partial charge is 0.407 e. The zero-order chi connectivity index (χ0) is 25.5. The highest BCUT2D eigenvalue weighted by molar-refractivity contribution is 6.32. The van der Waals surface area contributed by atoms with E-state index in [9.17, 15) is 9.90 Å². The van der Waals surface area contributed by atoms with Gasteiger partial charge < -0.3 is 19.6 Å². The summed E-state index contributed by atoms with van der Waals surface area (Å²) in [6, 6.07) is 8.07. The minimum atomic E-state index is -0.804. The first-order valence-electron chi connectivity index (χ1n) is 12.9. The maximum absolute atomic E-state index is 11.6. The third-order valence-electron chi connectivity index (χ3n) is 7.96. The Balaban J connectivity index is 1.15. The number of nitrogens with zero attached hydrogens (tertiary/aromatic N) is 7. The van der Waals surface area contributed by atoms with Gasteiger partial charge in [-0.05, 0) is 69.2 Å². The first kappa shape index (κ1) is 24.1. The predicted octanol–water partition coefficient (Wildman–Crippen LogP) is 4.86. The van der Waals surface area contributed by atoms with E-state index >= 15 is 0 Å². The summed E-state index contributed by atoms with van der Waals surface area (Å²) in [6.07, 6.45) is 9.59. The molecule has 0 aliphatic carbocycles. The van der Waals surface area contributed by atoms with E-state index in [1.807, 2.05) is 42.2 Å². The average molecular weight is 524 g/mol. The van der Waals surface area contributed by atoms with Gasteiger partial charge in [0.05, 0.1) is 11.9 Å². The summed E-state index contributed by atoms with van der Waals surface area (Å²) in [5.41, 5.74) is 2.98. The lowest BCUT2D eigenvalue weighted by Crippen LogP contribution is -2.51. The normalized spacial score (nSPS) is 25.3. The molecule has 3 aromatic rings. The van der Waals surface area contributed by atoms with E-state index in [1.165, 1.54) is 0 Å². The molecule has 194 valence electrons. The van der Waals surface area contributed by atoms with Crippen LogP contribution in [-0.2, 0) is 4.74 Å². The maximum atomic E-state index is 11.6. The van der Waals surface area contributed by atoms with Crippen molar-refractivity contribution in [2.45, 2.75) is 69.3 Å². The van der Waals surface area contributed by atoms with Crippen LogP contribution in [0.1, 0.15) is 51.2 Å². The van der Waals surface area contributed by atoms with Crippen molar-refractivity contribution in [2.24, 2.45) is 0 Å². The van der Waals surface area contributed by atoms with Crippen LogP contribution in [-0.4, -0.2) is 72.8 Å². The van der Waals surface area contributed by atoms with E-state index in [0.717, 1.165) is 68.5 Å².